The molecular formula is C30H54O13. The molecule has 0 atom stereocenters. The van der Waals surface area contributed by atoms with Crippen molar-refractivity contribution in [2.45, 2.75) is 0 Å². The molecule has 0 saturated heterocycles. The average Bonchev–Trinajstić information content (AvgIpc) is 3.03. The first-order valence-corrected chi connectivity index (χ1v) is 15.1. The molecule has 252 valence electrons. The number of benzene rings is 1. The van der Waals surface area contributed by atoms with Crippen molar-refractivity contribution in [3.05, 3.63) is 30.3 Å². The quantitative estimate of drug-likeness (QED) is 0.108. The molecule has 13 heteroatoms. The molecule has 0 amide bonds. The predicted octanol–water partition coefficient (Wildman–Crippen LogP) is 1.24. The summed E-state index contributed by atoms with van der Waals surface area (Å²) >= 11 is 0. The molecule has 0 aliphatic rings. The molecule has 1 rings (SSSR count). The molecular weight excluding hydrogens is 568 g/mol. The molecule has 0 spiro atoms. The van der Waals surface area contributed by atoms with Crippen molar-refractivity contribution in [1.29, 1.82) is 0 Å². The van der Waals surface area contributed by atoms with Gasteiger partial charge in [0.15, 0.2) is 0 Å². The molecule has 43 heavy (non-hydrogen) atoms. The average molecular weight is 623 g/mol. The topological polar surface area (TPSA) is 131 Å². The van der Waals surface area contributed by atoms with E-state index in [9.17, 15) is 0 Å². The molecule has 0 radical (unpaired) electrons. The molecule has 13 nitrogen and oxygen atoms in total. The minimum absolute atomic E-state index is 0.0254. The van der Waals surface area contributed by atoms with Gasteiger partial charge in [-0.25, -0.2) is 0 Å². The molecule has 0 heterocycles. The van der Waals surface area contributed by atoms with Crippen LogP contribution in [0.5, 0.6) is 5.75 Å². The van der Waals surface area contributed by atoms with Crippen LogP contribution in [0.15, 0.2) is 30.3 Å². The van der Waals surface area contributed by atoms with Gasteiger partial charge in [0.2, 0.25) is 0 Å². The summed E-state index contributed by atoms with van der Waals surface area (Å²) < 4.78 is 65.1. The number of ether oxygens (including phenoxy) is 12. The first-order chi connectivity index (χ1) is 21.4. The monoisotopic (exact) mass is 622 g/mol. The first kappa shape index (κ1) is 39.6. The van der Waals surface area contributed by atoms with E-state index in [0.717, 1.165) is 5.75 Å². The molecule has 0 aliphatic heterocycles. The standard InChI is InChI=1S/C30H54O13/c31-6-7-32-8-9-33-10-11-34-12-13-35-14-15-36-16-17-37-18-19-38-20-21-39-22-23-40-24-25-41-26-27-42-28-29-43-30-4-2-1-3-5-30/h1-5,31H,6-29H2. The van der Waals surface area contributed by atoms with Crippen LogP contribution >= 0.6 is 0 Å². The number of rotatable bonds is 36. The number of aliphatic hydroxyl groups excluding tert-OH is 1. The zero-order valence-corrected chi connectivity index (χ0v) is 25.7. The zero-order chi connectivity index (χ0) is 30.6. The maximum absolute atomic E-state index is 8.57. The summed E-state index contributed by atoms with van der Waals surface area (Å²) in [6, 6.07) is 9.66. The van der Waals surface area contributed by atoms with E-state index in [0.29, 0.717) is 152 Å². The fourth-order valence-electron chi connectivity index (χ4n) is 3.10. The van der Waals surface area contributed by atoms with Crippen LogP contribution in [0, 0.1) is 0 Å². The van der Waals surface area contributed by atoms with E-state index in [2.05, 4.69) is 0 Å². The Kier molecular flexibility index (Phi) is 32.2. The predicted molar refractivity (Wildman–Crippen MR) is 158 cm³/mol. The number of hydrogen-bond acceptors (Lipinski definition) is 13. The lowest BCUT2D eigenvalue weighted by molar-refractivity contribution is -0.0280. The van der Waals surface area contributed by atoms with E-state index in [1.807, 2.05) is 30.3 Å². The van der Waals surface area contributed by atoms with Gasteiger partial charge < -0.3 is 61.9 Å². The molecule has 0 bridgehead atoms. The summed E-state index contributed by atoms with van der Waals surface area (Å²) in [7, 11) is 0. The molecule has 0 unspecified atom stereocenters. The van der Waals surface area contributed by atoms with Crippen molar-refractivity contribution in [2.24, 2.45) is 0 Å². The number of aliphatic hydroxyl groups is 1. The summed E-state index contributed by atoms with van der Waals surface area (Å²) in [4.78, 5) is 0. The smallest absolute Gasteiger partial charge is 0.119 e. The van der Waals surface area contributed by atoms with E-state index in [1.165, 1.54) is 0 Å². The minimum Gasteiger partial charge on any atom is -0.491 e. The summed E-state index contributed by atoms with van der Waals surface area (Å²) in [6.07, 6.45) is 0. The molecule has 0 aliphatic carbocycles. The summed E-state index contributed by atoms with van der Waals surface area (Å²) in [5, 5.41) is 8.57. The van der Waals surface area contributed by atoms with Gasteiger partial charge >= 0.3 is 0 Å². The zero-order valence-electron chi connectivity index (χ0n) is 25.7. The van der Waals surface area contributed by atoms with Gasteiger partial charge in [-0.2, -0.15) is 0 Å². The Labute approximate surface area is 256 Å². The van der Waals surface area contributed by atoms with E-state index in [4.69, 9.17) is 61.9 Å². The van der Waals surface area contributed by atoms with Gasteiger partial charge in [0, 0.05) is 0 Å². The van der Waals surface area contributed by atoms with Crippen molar-refractivity contribution in [2.75, 3.05) is 159 Å². The SMILES string of the molecule is OCCOCCOCCOCCOCCOCCOCCOCCOCCOCCOCCOCCOc1ccccc1. The van der Waals surface area contributed by atoms with Crippen LogP contribution in [0.4, 0.5) is 0 Å². The second kappa shape index (κ2) is 35.0. The Morgan fingerprint density at radius 3 is 0.791 bits per heavy atom. The highest BCUT2D eigenvalue weighted by Gasteiger charge is 1.97. The van der Waals surface area contributed by atoms with Gasteiger partial charge in [-0.3, -0.25) is 0 Å². The lowest BCUT2D eigenvalue weighted by atomic mass is 10.3. The van der Waals surface area contributed by atoms with Gasteiger partial charge in [0.25, 0.3) is 0 Å². The second-order valence-electron chi connectivity index (χ2n) is 8.62. The summed E-state index contributed by atoms with van der Waals surface area (Å²) in [6.45, 7) is 11.5. The third-order valence-electron chi connectivity index (χ3n) is 5.20. The Bertz CT molecular complexity index is 642. The number of para-hydroxylation sites is 1. The Balaban J connectivity index is 1.61. The first-order valence-electron chi connectivity index (χ1n) is 15.1. The van der Waals surface area contributed by atoms with Crippen molar-refractivity contribution < 1.29 is 61.9 Å². The van der Waals surface area contributed by atoms with E-state index in [-0.39, 0.29) is 6.61 Å². The van der Waals surface area contributed by atoms with Gasteiger partial charge in [0.1, 0.15) is 12.4 Å². The highest BCUT2D eigenvalue weighted by Crippen LogP contribution is 2.07. The van der Waals surface area contributed by atoms with Crippen molar-refractivity contribution in [3.63, 3.8) is 0 Å². The Morgan fingerprint density at radius 2 is 0.535 bits per heavy atom. The maximum Gasteiger partial charge on any atom is 0.119 e. The van der Waals surface area contributed by atoms with Gasteiger partial charge in [-0.05, 0) is 12.1 Å². The van der Waals surface area contributed by atoms with E-state index in [1.54, 1.807) is 0 Å². The van der Waals surface area contributed by atoms with Crippen LogP contribution in [-0.4, -0.2) is 164 Å². The third-order valence-corrected chi connectivity index (χ3v) is 5.20. The molecule has 1 aromatic rings. The maximum atomic E-state index is 8.57. The molecule has 0 fully saturated rings. The van der Waals surface area contributed by atoms with Crippen LogP contribution in [0.2, 0.25) is 0 Å². The Morgan fingerprint density at radius 1 is 0.302 bits per heavy atom. The normalized spacial score (nSPS) is 11.4. The van der Waals surface area contributed by atoms with E-state index >= 15 is 0 Å². The van der Waals surface area contributed by atoms with Crippen LogP contribution in [0.25, 0.3) is 0 Å². The minimum atomic E-state index is 0.0254. The molecule has 1 N–H and O–H groups in total. The highest BCUT2D eigenvalue weighted by atomic mass is 16.6. The largest absolute Gasteiger partial charge is 0.491 e. The van der Waals surface area contributed by atoms with Crippen LogP contribution in [0.3, 0.4) is 0 Å². The highest BCUT2D eigenvalue weighted by molar-refractivity contribution is 5.20. The van der Waals surface area contributed by atoms with Crippen molar-refractivity contribution in [1.82, 2.24) is 0 Å². The second-order valence-corrected chi connectivity index (χ2v) is 8.62. The fourth-order valence-corrected chi connectivity index (χ4v) is 3.10. The van der Waals surface area contributed by atoms with Crippen LogP contribution in [0.1, 0.15) is 0 Å². The lowest BCUT2D eigenvalue weighted by Gasteiger charge is -2.09. The van der Waals surface area contributed by atoms with Gasteiger partial charge in [0.05, 0.1) is 152 Å². The van der Waals surface area contributed by atoms with Crippen LogP contribution in [-0.2, 0) is 52.1 Å². The Hall–Kier alpha value is -1.46. The molecule has 0 aromatic heterocycles. The molecule has 1 aromatic carbocycles. The third kappa shape index (κ3) is 31.8. The fraction of sp³-hybridized carbons (Fsp3) is 0.800. The van der Waals surface area contributed by atoms with Crippen LogP contribution < -0.4 is 4.74 Å². The van der Waals surface area contributed by atoms with Crippen molar-refractivity contribution in [3.8, 4) is 5.75 Å². The lowest BCUT2D eigenvalue weighted by Crippen LogP contribution is -2.15. The van der Waals surface area contributed by atoms with Crippen molar-refractivity contribution >= 4 is 0 Å². The van der Waals surface area contributed by atoms with Gasteiger partial charge in [-0.1, -0.05) is 18.2 Å². The van der Waals surface area contributed by atoms with Gasteiger partial charge in [-0.15, -0.1) is 0 Å². The summed E-state index contributed by atoms with van der Waals surface area (Å²) in [5.74, 6) is 0.843. The molecule has 0 saturated carbocycles. The summed E-state index contributed by atoms with van der Waals surface area (Å²) in [5.41, 5.74) is 0. The number of hydrogen-bond donors (Lipinski definition) is 1. The van der Waals surface area contributed by atoms with E-state index < -0.39 is 0 Å².